The van der Waals surface area contributed by atoms with Crippen molar-refractivity contribution >= 4 is 46.9 Å². The summed E-state index contributed by atoms with van der Waals surface area (Å²) in [5.74, 6) is -0.482. The predicted molar refractivity (Wildman–Crippen MR) is 134 cm³/mol. The molecule has 0 unspecified atom stereocenters. The van der Waals surface area contributed by atoms with Gasteiger partial charge in [-0.25, -0.2) is 5.43 Å². The zero-order chi connectivity index (χ0) is 24.7. The van der Waals surface area contributed by atoms with Crippen LogP contribution < -0.4 is 20.2 Å². The first-order valence-electron chi connectivity index (χ1n) is 10.2. The molecule has 0 atom stereocenters. The van der Waals surface area contributed by atoms with E-state index in [1.165, 1.54) is 6.21 Å². The number of ether oxygens (including phenoxy) is 2. The summed E-state index contributed by atoms with van der Waals surface area (Å²) in [6.45, 7) is 4.09. The van der Waals surface area contributed by atoms with Gasteiger partial charge in [0.25, 0.3) is 0 Å². The predicted octanol–water partition coefficient (Wildman–Crippen LogP) is 5.29. The Hall–Kier alpha value is -3.55. The molecule has 0 saturated carbocycles. The topological polar surface area (TPSA) is 89.0 Å². The molecule has 0 saturated heterocycles. The molecule has 0 heterocycles. The van der Waals surface area contributed by atoms with Gasteiger partial charge in [-0.1, -0.05) is 35.3 Å². The van der Waals surface area contributed by atoms with E-state index in [1.54, 1.807) is 43.5 Å². The highest BCUT2D eigenvalue weighted by Gasteiger charge is 2.14. The van der Waals surface area contributed by atoms with Crippen LogP contribution in [0.1, 0.15) is 22.3 Å². The number of para-hydroxylation sites is 1. The van der Waals surface area contributed by atoms with Gasteiger partial charge in [-0.05, 0) is 73.0 Å². The number of nitrogens with one attached hydrogen (secondary N) is 2. The molecule has 34 heavy (non-hydrogen) atoms. The summed E-state index contributed by atoms with van der Waals surface area (Å²) in [6.07, 6.45) is 1.42. The van der Waals surface area contributed by atoms with Gasteiger partial charge in [0.05, 0.1) is 24.0 Å². The lowest BCUT2D eigenvalue weighted by molar-refractivity contribution is -0.136. The van der Waals surface area contributed by atoms with Gasteiger partial charge in [0.2, 0.25) is 0 Å². The Labute approximate surface area is 207 Å². The molecule has 2 N–H and O–H groups in total. The summed E-state index contributed by atoms with van der Waals surface area (Å²) in [7, 11) is 1.57. The van der Waals surface area contributed by atoms with Crippen LogP contribution in [0.2, 0.25) is 10.0 Å². The molecule has 0 aliphatic heterocycles. The lowest BCUT2D eigenvalue weighted by Gasteiger charge is -2.13. The first kappa shape index (κ1) is 25.1. The Kier molecular flexibility index (Phi) is 8.51. The Balaban J connectivity index is 1.63. The maximum Gasteiger partial charge on any atom is 0.329 e. The Morgan fingerprint density at radius 3 is 2.38 bits per heavy atom. The fraction of sp³-hybridized carbons (Fsp3) is 0.160. The summed E-state index contributed by atoms with van der Waals surface area (Å²) in [6, 6.07) is 15.7. The van der Waals surface area contributed by atoms with Crippen LogP contribution in [0.5, 0.6) is 11.5 Å². The summed E-state index contributed by atoms with van der Waals surface area (Å²) in [5.41, 5.74) is 5.84. The summed E-state index contributed by atoms with van der Waals surface area (Å²) in [4.78, 5) is 24.1. The lowest BCUT2D eigenvalue weighted by Crippen LogP contribution is -2.32. The SMILES string of the molecule is COc1ccc(C=NNC(=O)C(=O)Nc2ccccc2Cl)cc1COc1cc(C)c(Cl)c(C)c1. The standard InChI is InChI=1S/C25H23Cl2N3O4/c1-15-10-19(11-16(2)23(15)27)34-14-18-12-17(8-9-22(18)33-3)13-28-30-25(32)24(31)29-21-7-5-4-6-20(21)26/h4-13H,14H2,1-3H3,(H,29,31)(H,30,32). The number of methoxy groups -OCH3 is 1. The zero-order valence-corrected chi connectivity index (χ0v) is 20.3. The Morgan fingerprint density at radius 2 is 1.71 bits per heavy atom. The van der Waals surface area contributed by atoms with Crippen LogP contribution in [-0.2, 0) is 16.2 Å². The van der Waals surface area contributed by atoms with Gasteiger partial charge in [-0.2, -0.15) is 5.10 Å². The molecular weight excluding hydrogens is 477 g/mol. The van der Waals surface area contributed by atoms with Gasteiger partial charge < -0.3 is 14.8 Å². The van der Waals surface area contributed by atoms with Crippen molar-refractivity contribution in [3.63, 3.8) is 0 Å². The second-order valence-electron chi connectivity index (χ2n) is 7.36. The third kappa shape index (κ3) is 6.50. The van der Waals surface area contributed by atoms with E-state index in [9.17, 15) is 9.59 Å². The van der Waals surface area contributed by atoms with Crippen LogP contribution in [0, 0.1) is 13.8 Å². The minimum absolute atomic E-state index is 0.248. The number of carbonyl (C=O) groups is 2. The van der Waals surface area contributed by atoms with Gasteiger partial charge in [0.15, 0.2) is 0 Å². The third-order valence-corrected chi connectivity index (χ3v) is 5.74. The van der Waals surface area contributed by atoms with Crippen molar-refractivity contribution in [2.75, 3.05) is 12.4 Å². The third-order valence-electron chi connectivity index (χ3n) is 4.82. The van der Waals surface area contributed by atoms with E-state index in [0.717, 1.165) is 16.7 Å². The normalized spacial score (nSPS) is 10.7. The van der Waals surface area contributed by atoms with Crippen LogP contribution in [0.3, 0.4) is 0 Å². The average molecular weight is 500 g/mol. The first-order valence-corrected chi connectivity index (χ1v) is 11.0. The summed E-state index contributed by atoms with van der Waals surface area (Å²) < 4.78 is 11.3. The van der Waals surface area contributed by atoms with Crippen LogP contribution in [0.4, 0.5) is 5.69 Å². The number of hydrogen-bond acceptors (Lipinski definition) is 5. The molecule has 3 aromatic carbocycles. The Morgan fingerprint density at radius 1 is 1.00 bits per heavy atom. The van der Waals surface area contributed by atoms with E-state index in [1.807, 2.05) is 32.0 Å². The smallest absolute Gasteiger partial charge is 0.329 e. The number of carbonyl (C=O) groups excluding carboxylic acids is 2. The molecule has 0 spiro atoms. The van der Waals surface area contributed by atoms with E-state index in [4.69, 9.17) is 32.7 Å². The minimum Gasteiger partial charge on any atom is -0.496 e. The van der Waals surface area contributed by atoms with E-state index in [2.05, 4.69) is 15.8 Å². The number of benzene rings is 3. The molecular formula is C25H23Cl2N3O4. The average Bonchev–Trinajstić information content (AvgIpc) is 2.82. The molecule has 3 rings (SSSR count). The number of anilines is 1. The maximum absolute atomic E-state index is 12.0. The Bertz CT molecular complexity index is 1220. The van der Waals surface area contributed by atoms with Crippen molar-refractivity contribution in [3.05, 3.63) is 86.9 Å². The van der Waals surface area contributed by atoms with Crippen LogP contribution in [0.25, 0.3) is 0 Å². The molecule has 0 aliphatic rings. The van der Waals surface area contributed by atoms with Gasteiger partial charge in [0, 0.05) is 10.6 Å². The molecule has 3 aromatic rings. The fourth-order valence-corrected chi connectivity index (χ4v) is 3.39. The second-order valence-corrected chi connectivity index (χ2v) is 8.15. The monoisotopic (exact) mass is 499 g/mol. The van der Waals surface area contributed by atoms with E-state index in [0.29, 0.717) is 32.8 Å². The molecule has 176 valence electrons. The van der Waals surface area contributed by atoms with Crippen LogP contribution in [0.15, 0.2) is 59.7 Å². The molecule has 0 aromatic heterocycles. The van der Waals surface area contributed by atoms with Gasteiger partial charge in [-0.3, -0.25) is 9.59 Å². The summed E-state index contributed by atoms with van der Waals surface area (Å²) in [5, 5.41) is 7.32. The van der Waals surface area contributed by atoms with Crippen molar-refractivity contribution in [2.24, 2.45) is 5.10 Å². The molecule has 0 aliphatic carbocycles. The number of hydrazone groups is 1. The van der Waals surface area contributed by atoms with Gasteiger partial charge in [0.1, 0.15) is 18.1 Å². The minimum atomic E-state index is -0.929. The largest absolute Gasteiger partial charge is 0.496 e. The molecule has 2 amide bonds. The lowest BCUT2D eigenvalue weighted by atomic mass is 10.1. The van der Waals surface area contributed by atoms with Crippen molar-refractivity contribution in [1.82, 2.24) is 5.43 Å². The molecule has 0 fully saturated rings. The van der Waals surface area contributed by atoms with Crippen molar-refractivity contribution in [3.8, 4) is 11.5 Å². The fourth-order valence-electron chi connectivity index (χ4n) is 3.10. The highest BCUT2D eigenvalue weighted by molar-refractivity contribution is 6.41. The highest BCUT2D eigenvalue weighted by Crippen LogP contribution is 2.28. The quantitative estimate of drug-likeness (QED) is 0.262. The number of aryl methyl sites for hydroxylation is 2. The van der Waals surface area contributed by atoms with Crippen molar-refractivity contribution in [1.29, 1.82) is 0 Å². The number of amides is 2. The molecule has 0 bridgehead atoms. The highest BCUT2D eigenvalue weighted by atomic mass is 35.5. The zero-order valence-electron chi connectivity index (χ0n) is 18.8. The molecule has 0 radical (unpaired) electrons. The van der Waals surface area contributed by atoms with Crippen LogP contribution >= 0.6 is 23.2 Å². The van der Waals surface area contributed by atoms with E-state index in [-0.39, 0.29) is 6.61 Å². The number of hydrogen-bond donors (Lipinski definition) is 2. The molecule has 7 nitrogen and oxygen atoms in total. The maximum atomic E-state index is 12.0. The van der Waals surface area contributed by atoms with Crippen LogP contribution in [-0.4, -0.2) is 25.1 Å². The molecule has 9 heteroatoms. The number of nitrogens with zero attached hydrogens (tertiary/aromatic N) is 1. The second kappa shape index (κ2) is 11.5. The van der Waals surface area contributed by atoms with Crippen molar-refractivity contribution in [2.45, 2.75) is 20.5 Å². The van der Waals surface area contributed by atoms with Gasteiger partial charge in [-0.15, -0.1) is 0 Å². The van der Waals surface area contributed by atoms with Gasteiger partial charge >= 0.3 is 11.8 Å². The number of halogens is 2. The summed E-state index contributed by atoms with van der Waals surface area (Å²) >= 11 is 12.2. The van der Waals surface area contributed by atoms with E-state index >= 15 is 0 Å². The van der Waals surface area contributed by atoms with Crippen molar-refractivity contribution < 1.29 is 19.1 Å². The number of rotatable bonds is 7. The van der Waals surface area contributed by atoms with E-state index < -0.39 is 11.8 Å². The first-order chi connectivity index (χ1) is 16.3.